The summed E-state index contributed by atoms with van der Waals surface area (Å²) in [6, 6.07) is 3.96. The summed E-state index contributed by atoms with van der Waals surface area (Å²) in [6.07, 6.45) is 2.76. The number of nitrogens with zero attached hydrogens (tertiary/aromatic N) is 1. The third kappa shape index (κ3) is 3.84. The van der Waals surface area contributed by atoms with Crippen LogP contribution in [0.25, 0.3) is 0 Å². The molecule has 0 aliphatic rings. The van der Waals surface area contributed by atoms with Crippen LogP contribution in [0.1, 0.15) is 45.2 Å². The molecule has 1 aromatic rings. The molecular formula is C14H20BrNO. The van der Waals surface area contributed by atoms with Crippen LogP contribution in [0.5, 0.6) is 5.75 Å². The Morgan fingerprint density at radius 1 is 1.35 bits per heavy atom. The number of rotatable bonds is 3. The Labute approximate surface area is 112 Å². The van der Waals surface area contributed by atoms with Crippen molar-refractivity contribution in [2.24, 2.45) is 4.99 Å². The quantitative estimate of drug-likeness (QED) is 0.830. The molecule has 2 nitrogen and oxygen atoms in total. The van der Waals surface area contributed by atoms with Crippen molar-refractivity contribution in [2.75, 3.05) is 6.54 Å². The first kappa shape index (κ1) is 14.2. The summed E-state index contributed by atoms with van der Waals surface area (Å²) in [5.41, 5.74) is 2.02. The van der Waals surface area contributed by atoms with Crippen LogP contribution in [0.2, 0.25) is 0 Å². The van der Waals surface area contributed by atoms with Crippen LogP contribution in [0, 0.1) is 0 Å². The molecular weight excluding hydrogens is 278 g/mol. The molecule has 0 heterocycles. The Balaban J connectivity index is 3.16. The van der Waals surface area contributed by atoms with Gasteiger partial charge in [0.05, 0.1) is 4.47 Å². The first-order valence-electron chi connectivity index (χ1n) is 5.89. The Morgan fingerprint density at radius 3 is 2.53 bits per heavy atom. The third-order valence-electron chi connectivity index (χ3n) is 2.54. The largest absolute Gasteiger partial charge is 0.506 e. The molecule has 0 aromatic heterocycles. The van der Waals surface area contributed by atoms with Gasteiger partial charge in [-0.2, -0.15) is 0 Å². The minimum absolute atomic E-state index is 0.0591. The second-order valence-electron chi connectivity index (χ2n) is 5.18. The van der Waals surface area contributed by atoms with Crippen molar-refractivity contribution in [1.82, 2.24) is 0 Å². The number of phenolic OH excluding ortho intramolecular Hbond substituents is 1. The summed E-state index contributed by atoms with van der Waals surface area (Å²) in [7, 11) is 0. The topological polar surface area (TPSA) is 32.6 Å². The molecule has 0 atom stereocenters. The van der Waals surface area contributed by atoms with E-state index in [0.717, 1.165) is 23.0 Å². The molecule has 0 bridgehead atoms. The summed E-state index contributed by atoms with van der Waals surface area (Å²) >= 11 is 3.39. The van der Waals surface area contributed by atoms with Crippen molar-refractivity contribution in [3.63, 3.8) is 0 Å². The highest BCUT2D eigenvalue weighted by Gasteiger charge is 2.17. The van der Waals surface area contributed by atoms with E-state index in [9.17, 15) is 5.11 Å². The van der Waals surface area contributed by atoms with Gasteiger partial charge in [0.1, 0.15) is 5.75 Å². The van der Waals surface area contributed by atoms with Crippen molar-refractivity contribution in [3.05, 3.63) is 27.7 Å². The maximum Gasteiger partial charge on any atom is 0.138 e. The Morgan fingerprint density at radius 2 is 2.00 bits per heavy atom. The first-order valence-corrected chi connectivity index (χ1v) is 6.68. The standard InChI is InChI=1S/C14H20BrNO/c1-5-6-16-9-10-7-11(14(2,3)4)8-12(15)13(10)17/h7-9,17H,5-6H2,1-4H3. The summed E-state index contributed by atoms with van der Waals surface area (Å²) in [4.78, 5) is 4.28. The van der Waals surface area contributed by atoms with E-state index in [2.05, 4.69) is 48.6 Å². The predicted octanol–water partition coefficient (Wildman–Crippen LogP) is 4.28. The smallest absolute Gasteiger partial charge is 0.138 e. The van der Waals surface area contributed by atoms with Crippen LogP contribution < -0.4 is 0 Å². The van der Waals surface area contributed by atoms with Crippen molar-refractivity contribution < 1.29 is 5.11 Å². The summed E-state index contributed by atoms with van der Waals surface area (Å²) < 4.78 is 0.725. The molecule has 94 valence electrons. The maximum absolute atomic E-state index is 9.95. The Hall–Kier alpha value is -0.830. The number of hydrogen-bond donors (Lipinski definition) is 1. The highest BCUT2D eigenvalue weighted by Crippen LogP contribution is 2.33. The Kier molecular flexibility index (Phi) is 4.75. The molecule has 1 N–H and O–H groups in total. The average Bonchev–Trinajstić information content (AvgIpc) is 2.22. The minimum atomic E-state index is 0.0591. The van der Waals surface area contributed by atoms with Gasteiger partial charge in [0.15, 0.2) is 0 Å². The van der Waals surface area contributed by atoms with Crippen LogP contribution in [0.15, 0.2) is 21.6 Å². The normalized spacial score (nSPS) is 12.3. The highest BCUT2D eigenvalue weighted by atomic mass is 79.9. The Bertz CT molecular complexity index is 419. The van der Waals surface area contributed by atoms with Gasteiger partial charge in [0.2, 0.25) is 0 Å². The van der Waals surface area contributed by atoms with Gasteiger partial charge in [0, 0.05) is 18.3 Å². The van der Waals surface area contributed by atoms with Gasteiger partial charge < -0.3 is 5.11 Å². The fraction of sp³-hybridized carbons (Fsp3) is 0.500. The highest BCUT2D eigenvalue weighted by molar-refractivity contribution is 9.10. The van der Waals surface area contributed by atoms with Crippen molar-refractivity contribution in [2.45, 2.75) is 39.5 Å². The first-order chi connectivity index (χ1) is 7.86. The van der Waals surface area contributed by atoms with Crippen molar-refractivity contribution >= 4 is 22.1 Å². The minimum Gasteiger partial charge on any atom is -0.506 e. The van der Waals surface area contributed by atoms with Gasteiger partial charge in [-0.1, -0.05) is 27.7 Å². The van der Waals surface area contributed by atoms with Crippen LogP contribution in [0.4, 0.5) is 0 Å². The van der Waals surface area contributed by atoms with Gasteiger partial charge in [0.25, 0.3) is 0 Å². The number of benzene rings is 1. The van der Waals surface area contributed by atoms with Gasteiger partial charge >= 0.3 is 0 Å². The van der Waals surface area contributed by atoms with E-state index < -0.39 is 0 Å². The number of hydrogen-bond acceptors (Lipinski definition) is 2. The van der Waals surface area contributed by atoms with Gasteiger partial charge in [-0.15, -0.1) is 0 Å². The maximum atomic E-state index is 9.95. The molecule has 1 rings (SSSR count). The molecule has 1 aromatic carbocycles. The fourth-order valence-corrected chi connectivity index (χ4v) is 1.92. The number of halogens is 1. The van der Waals surface area contributed by atoms with E-state index in [4.69, 9.17) is 0 Å². The molecule has 0 fully saturated rings. The second kappa shape index (κ2) is 5.67. The molecule has 0 amide bonds. The van der Waals surface area contributed by atoms with Crippen LogP contribution in [-0.4, -0.2) is 17.9 Å². The number of aliphatic imine (C=N–C) groups is 1. The monoisotopic (exact) mass is 297 g/mol. The van der Waals surface area contributed by atoms with Gasteiger partial charge in [-0.3, -0.25) is 4.99 Å². The predicted molar refractivity (Wildman–Crippen MR) is 77.3 cm³/mol. The second-order valence-corrected chi connectivity index (χ2v) is 6.04. The lowest BCUT2D eigenvalue weighted by Gasteiger charge is -2.20. The molecule has 0 unspecified atom stereocenters. The zero-order valence-corrected chi connectivity index (χ0v) is 12.5. The van der Waals surface area contributed by atoms with Gasteiger partial charge in [-0.05, 0) is 45.5 Å². The number of aromatic hydroxyl groups is 1. The molecule has 17 heavy (non-hydrogen) atoms. The average molecular weight is 298 g/mol. The van der Waals surface area contributed by atoms with Crippen LogP contribution in [0.3, 0.4) is 0 Å². The van der Waals surface area contributed by atoms with Crippen molar-refractivity contribution in [3.8, 4) is 5.75 Å². The van der Waals surface area contributed by atoms with Crippen LogP contribution >= 0.6 is 15.9 Å². The number of phenols is 1. The third-order valence-corrected chi connectivity index (χ3v) is 3.15. The molecule has 0 aliphatic heterocycles. The summed E-state index contributed by atoms with van der Waals surface area (Å²) in [5, 5.41) is 9.95. The van der Waals surface area contributed by atoms with E-state index in [-0.39, 0.29) is 11.2 Å². The van der Waals surface area contributed by atoms with Gasteiger partial charge in [-0.25, -0.2) is 0 Å². The summed E-state index contributed by atoms with van der Waals surface area (Å²) in [6.45, 7) is 9.33. The van der Waals surface area contributed by atoms with E-state index in [1.165, 1.54) is 5.56 Å². The molecule has 0 saturated carbocycles. The van der Waals surface area contributed by atoms with E-state index >= 15 is 0 Å². The molecule has 0 saturated heterocycles. The zero-order valence-electron chi connectivity index (χ0n) is 10.9. The molecule has 0 spiro atoms. The lowest BCUT2D eigenvalue weighted by atomic mass is 9.86. The summed E-state index contributed by atoms with van der Waals surface area (Å²) in [5.74, 6) is 0.262. The van der Waals surface area contributed by atoms with E-state index in [0.29, 0.717) is 0 Å². The lowest BCUT2D eigenvalue weighted by molar-refractivity contribution is 0.469. The fourth-order valence-electron chi connectivity index (χ4n) is 1.44. The SMILES string of the molecule is CCCN=Cc1cc(C(C)(C)C)cc(Br)c1O. The molecule has 3 heteroatoms. The van der Waals surface area contributed by atoms with E-state index in [1.54, 1.807) is 6.21 Å². The van der Waals surface area contributed by atoms with E-state index in [1.807, 2.05) is 12.1 Å². The zero-order chi connectivity index (χ0) is 13.1. The van der Waals surface area contributed by atoms with Crippen LogP contribution in [-0.2, 0) is 5.41 Å². The van der Waals surface area contributed by atoms with Crippen molar-refractivity contribution in [1.29, 1.82) is 0 Å². The molecule has 0 radical (unpaired) electrons. The molecule has 0 aliphatic carbocycles. The lowest BCUT2D eigenvalue weighted by Crippen LogP contribution is -2.11.